The number of aryl methyl sites for hydroxylation is 2. The Morgan fingerprint density at radius 2 is 1.03 bits per heavy atom. The molecule has 0 heterocycles. The van der Waals surface area contributed by atoms with Crippen LogP contribution >= 0.6 is 0 Å². The molecule has 0 N–H and O–H groups in total. The lowest BCUT2D eigenvalue weighted by atomic mass is 9.93. The van der Waals surface area contributed by atoms with Crippen LogP contribution in [-0.2, 0) is 0 Å². The topological polar surface area (TPSA) is 0 Å². The van der Waals surface area contributed by atoms with Gasteiger partial charge in [-0.05, 0) is 72.2 Å². The number of hydrogen-bond acceptors (Lipinski definition) is 0. The van der Waals surface area contributed by atoms with Crippen molar-refractivity contribution in [3.05, 3.63) is 118 Å². The molecule has 0 fully saturated rings. The molecule has 0 atom stereocenters. The number of benzene rings is 4. The minimum atomic E-state index is 0.925. The van der Waals surface area contributed by atoms with E-state index in [1.54, 1.807) is 0 Å². The van der Waals surface area contributed by atoms with Crippen LogP contribution in [0.3, 0.4) is 0 Å². The lowest BCUT2D eigenvalue weighted by Gasteiger charge is -2.09. The van der Waals surface area contributed by atoms with Crippen LogP contribution in [0.15, 0.2) is 84.9 Å². The van der Waals surface area contributed by atoms with E-state index in [-0.39, 0.29) is 0 Å². The molecule has 1 aliphatic carbocycles. The van der Waals surface area contributed by atoms with Crippen LogP contribution in [0.1, 0.15) is 35.1 Å². The van der Waals surface area contributed by atoms with Crippen molar-refractivity contribution in [2.24, 2.45) is 0 Å². The molecule has 0 amide bonds. The highest BCUT2D eigenvalue weighted by Crippen LogP contribution is 2.18. The predicted molar refractivity (Wildman–Crippen MR) is 135 cm³/mol. The molecular formula is C32H24. The molecule has 152 valence electrons. The van der Waals surface area contributed by atoms with Crippen molar-refractivity contribution in [1.29, 1.82) is 0 Å². The molecule has 0 radical (unpaired) electrons. The van der Waals surface area contributed by atoms with Gasteiger partial charge in [-0.3, -0.25) is 0 Å². The lowest BCUT2D eigenvalue weighted by Crippen LogP contribution is -2.31. The predicted octanol–water partition coefficient (Wildman–Crippen LogP) is 5.66. The van der Waals surface area contributed by atoms with E-state index in [9.17, 15) is 0 Å². The lowest BCUT2D eigenvalue weighted by molar-refractivity contribution is 1.07. The monoisotopic (exact) mass is 408 g/mol. The van der Waals surface area contributed by atoms with Crippen molar-refractivity contribution in [2.75, 3.05) is 0 Å². The number of rotatable bonds is 0. The van der Waals surface area contributed by atoms with Crippen molar-refractivity contribution in [2.45, 2.75) is 26.7 Å². The van der Waals surface area contributed by atoms with Crippen molar-refractivity contribution in [3.8, 4) is 23.7 Å². The molecule has 4 aromatic carbocycles. The summed E-state index contributed by atoms with van der Waals surface area (Å²) in [5.41, 5.74) is 7.05. The molecule has 1 aliphatic rings. The molecule has 0 nitrogen and oxygen atoms in total. The van der Waals surface area contributed by atoms with Gasteiger partial charge in [0.25, 0.3) is 0 Å². The van der Waals surface area contributed by atoms with Crippen molar-refractivity contribution in [1.82, 2.24) is 0 Å². The highest BCUT2D eigenvalue weighted by atomic mass is 14.1. The molecule has 32 heavy (non-hydrogen) atoms. The Labute approximate surface area is 189 Å². The summed E-state index contributed by atoms with van der Waals surface area (Å²) < 4.78 is 0. The summed E-state index contributed by atoms with van der Waals surface area (Å²) in [6, 6.07) is 29.9. The Balaban J connectivity index is 1.55. The third-order valence-corrected chi connectivity index (χ3v) is 5.97. The largest absolute Gasteiger partial charge is 0.0654 e. The summed E-state index contributed by atoms with van der Waals surface area (Å²) in [5.74, 6) is 13.7. The molecule has 4 aromatic rings. The van der Waals surface area contributed by atoms with Crippen LogP contribution in [0.25, 0.3) is 21.9 Å². The molecule has 0 heteroatoms. The van der Waals surface area contributed by atoms with Crippen molar-refractivity contribution in [3.63, 3.8) is 0 Å². The van der Waals surface area contributed by atoms with E-state index < -0.39 is 0 Å². The average molecular weight is 409 g/mol. The SMILES string of the molecule is Cc1ccc(C#CC2=c3ccccc3=C(C#Cc3ccc4cc(C)ccc4c3)CC2)cc1. The van der Waals surface area contributed by atoms with Crippen molar-refractivity contribution < 1.29 is 0 Å². The fourth-order valence-electron chi connectivity index (χ4n) is 4.16. The van der Waals surface area contributed by atoms with Crippen LogP contribution in [0.5, 0.6) is 0 Å². The molecule has 0 spiro atoms. The maximum Gasteiger partial charge on any atom is 0.0255 e. The van der Waals surface area contributed by atoms with Crippen LogP contribution < -0.4 is 10.4 Å². The van der Waals surface area contributed by atoms with Gasteiger partial charge in [-0.2, -0.15) is 0 Å². The fourth-order valence-corrected chi connectivity index (χ4v) is 4.16. The van der Waals surface area contributed by atoms with E-state index in [0.29, 0.717) is 0 Å². The van der Waals surface area contributed by atoms with E-state index in [2.05, 4.69) is 122 Å². The van der Waals surface area contributed by atoms with Gasteiger partial charge in [-0.15, -0.1) is 0 Å². The normalized spacial score (nSPS) is 12.4. The standard InChI is InChI=1S/C32H24/c1-23-7-10-25(11-8-23)12-16-27-19-20-28(32-6-4-3-5-31(27)32)17-13-26-14-18-29-21-24(2)9-15-30(29)22-26/h3-11,14-15,18,21-22H,19-20H2,1-2H3. The molecule has 0 bridgehead atoms. The van der Waals surface area contributed by atoms with E-state index in [1.165, 1.54) is 43.5 Å². The molecule has 0 unspecified atom stereocenters. The smallest absolute Gasteiger partial charge is 0.0255 e. The zero-order valence-electron chi connectivity index (χ0n) is 18.5. The molecule has 5 rings (SSSR count). The Hall–Kier alpha value is -4.00. The maximum absolute atomic E-state index is 3.48. The minimum Gasteiger partial charge on any atom is -0.0654 e. The Morgan fingerprint density at radius 1 is 0.500 bits per heavy atom. The van der Waals surface area contributed by atoms with E-state index in [4.69, 9.17) is 0 Å². The van der Waals surface area contributed by atoms with Gasteiger partial charge in [0.1, 0.15) is 0 Å². The first-order valence-corrected chi connectivity index (χ1v) is 11.1. The van der Waals surface area contributed by atoms with Crippen LogP contribution in [0, 0.1) is 37.5 Å². The minimum absolute atomic E-state index is 0.925. The van der Waals surface area contributed by atoms with Crippen LogP contribution in [-0.4, -0.2) is 0 Å². The molecule has 0 aliphatic heterocycles. The maximum atomic E-state index is 3.48. The quantitative estimate of drug-likeness (QED) is 0.330. The van der Waals surface area contributed by atoms with Gasteiger partial charge < -0.3 is 0 Å². The van der Waals surface area contributed by atoms with E-state index in [0.717, 1.165) is 24.0 Å². The van der Waals surface area contributed by atoms with Crippen molar-refractivity contribution >= 4 is 21.9 Å². The molecule has 0 saturated heterocycles. The zero-order chi connectivity index (χ0) is 21.9. The summed E-state index contributed by atoms with van der Waals surface area (Å²) >= 11 is 0. The van der Waals surface area contributed by atoms with Gasteiger partial charge in [-0.1, -0.05) is 95.5 Å². The van der Waals surface area contributed by atoms with E-state index >= 15 is 0 Å². The van der Waals surface area contributed by atoms with E-state index in [1.807, 2.05) is 0 Å². The first-order valence-electron chi connectivity index (χ1n) is 11.1. The van der Waals surface area contributed by atoms with Gasteiger partial charge in [0.2, 0.25) is 0 Å². The van der Waals surface area contributed by atoms with Gasteiger partial charge in [0.05, 0.1) is 0 Å². The summed E-state index contributed by atoms with van der Waals surface area (Å²) in [6.45, 7) is 4.22. The van der Waals surface area contributed by atoms with Crippen LogP contribution in [0.4, 0.5) is 0 Å². The first kappa shape index (κ1) is 19.9. The molecular weight excluding hydrogens is 384 g/mol. The Morgan fingerprint density at radius 3 is 1.72 bits per heavy atom. The second-order valence-electron chi connectivity index (χ2n) is 8.43. The third kappa shape index (κ3) is 4.23. The molecule has 0 saturated carbocycles. The highest BCUT2D eigenvalue weighted by molar-refractivity contribution is 5.85. The Kier molecular flexibility index (Phi) is 5.37. The highest BCUT2D eigenvalue weighted by Gasteiger charge is 2.08. The Bertz CT molecular complexity index is 1570. The van der Waals surface area contributed by atoms with Crippen LogP contribution in [0.2, 0.25) is 0 Å². The third-order valence-electron chi connectivity index (χ3n) is 5.97. The fraction of sp³-hybridized carbons (Fsp3) is 0.125. The number of hydrogen-bond donors (Lipinski definition) is 0. The average Bonchev–Trinajstić information content (AvgIpc) is 2.82. The van der Waals surface area contributed by atoms with Gasteiger partial charge >= 0.3 is 0 Å². The summed E-state index contributed by atoms with van der Waals surface area (Å²) in [5, 5.41) is 4.93. The van der Waals surface area contributed by atoms with Gasteiger partial charge in [0.15, 0.2) is 0 Å². The molecule has 0 aromatic heterocycles. The summed E-state index contributed by atoms with van der Waals surface area (Å²) in [6.07, 6.45) is 1.85. The summed E-state index contributed by atoms with van der Waals surface area (Å²) in [7, 11) is 0. The van der Waals surface area contributed by atoms with Gasteiger partial charge in [-0.25, -0.2) is 0 Å². The number of fused-ring (bicyclic) bond motifs is 2. The second-order valence-corrected chi connectivity index (χ2v) is 8.43. The first-order chi connectivity index (χ1) is 15.7. The zero-order valence-corrected chi connectivity index (χ0v) is 18.5. The van der Waals surface area contributed by atoms with Gasteiger partial charge in [0, 0.05) is 22.3 Å². The summed E-state index contributed by atoms with van der Waals surface area (Å²) in [4.78, 5) is 0. The second kappa shape index (κ2) is 8.63.